The Bertz CT molecular complexity index is 871. The molecule has 5 nitrogen and oxygen atoms in total. The molecule has 0 aliphatic heterocycles. The fraction of sp³-hybridized carbons (Fsp3) is 0.154. The third-order valence-corrected chi connectivity index (χ3v) is 5.76. The molecule has 110 valence electrons. The number of hydrogen-bond acceptors (Lipinski definition) is 4. The summed E-state index contributed by atoms with van der Waals surface area (Å²) in [7, 11) is -3.77. The minimum Gasteiger partial charge on any atom is -0.279 e. The van der Waals surface area contributed by atoms with Crippen molar-refractivity contribution in [3.8, 4) is 0 Å². The lowest BCUT2D eigenvalue weighted by Crippen LogP contribution is -2.28. The highest BCUT2D eigenvalue weighted by molar-refractivity contribution is 7.89. The molecule has 1 unspecified atom stereocenters. The van der Waals surface area contributed by atoms with E-state index in [1.807, 2.05) is 30.3 Å². The van der Waals surface area contributed by atoms with Crippen molar-refractivity contribution < 1.29 is 8.42 Å². The number of nitrogens with zero attached hydrogens (tertiary/aromatic N) is 2. The molecule has 1 atom stereocenters. The number of sulfonamides is 1. The molecule has 0 saturated carbocycles. The monoisotopic (exact) mass is 341 g/mol. The summed E-state index contributed by atoms with van der Waals surface area (Å²) in [5.41, 5.74) is 0.878. The molecule has 0 aliphatic carbocycles. The van der Waals surface area contributed by atoms with Gasteiger partial charge >= 0.3 is 0 Å². The van der Waals surface area contributed by atoms with Crippen molar-refractivity contribution in [3.63, 3.8) is 0 Å². The number of fused-ring (bicyclic) bond motifs is 1. The Morgan fingerprint density at radius 2 is 2.05 bits per heavy atom. The normalized spacial score (nSPS) is 13.6. The summed E-state index contributed by atoms with van der Waals surface area (Å²) in [5, 5.41) is 1.72. The maximum Gasteiger partial charge on any atom is 0.260 e. The Hall–Kier alpha value is -1.41. The molecule has 8 heteroatoms. The number of nitrogens with one attached hydrogen (secondary N) is 1. The van der Waals surface area contributed by atoms with Gasteiger partial charge in [-0.2, -0.15) is 0 Å². The quantitative estimate of drug-likeness (QED) is 0.793. The number of imidazole rings is 1. The van der Waals surface area contributed by atoms with Crippen LogP contribution in [0.3, 0.4) is 0 Å². The van der Waals surface area contributed by atoms with Gasteiger partial charge in [0.1, 0.15) is 0 Å². The molecule has 0 spiro atoms. The van der Waals surface area contributed by atoms with E-state index in [0.29, 0.717) is 4.96 Å². The Kier molecular flexibility index (Phi) is 3.75. The van der Waals surface area contributed by atoms with Crippen LogP contribution in [0.4, 0.5) is 0 Å². The lowest BCUT2D eigenvalue weighted by molar-refractivity contribution is 0.562. The molecule has 0 bridgehead atoms. The fourth-order valence-corrected chi connectivity index (χ4v) is 4.76. The van der Waals surface area contributed by atoms with Crippen molar-refractivity contribution in [2.24, 2.45) is 0 Å². The van der Waals surface area contributed by atoms with Crippen LogP contribution in [0.5, 0.6) is 0 Å². The van der Waals surface area contributed by atoms with Crippen LogP contribution in [-0.4, -0.2) is 17.8 Å². The fourth-order valence-electron chi connectivity index (χ4n) is 2.08. The molecule has 21 heavy (non-hydrogen) atoms. The second-order valence-electron chi connectivity index (χ2n) is 4.52. The van der Waals surface area contributed by atoms with E-state index >= 15 is 0 Å². The van der Waals surface area contributed by atoms with E-state index in [-0.39, 0.29) is 16.2 Å². The van der Waals surface area contributed by atoms with Crippen LogP contribution in [-0.2, 0) is 10.0 Å². The van der Waals surface area contributed by atoms with Crippen LogP contribution >= 0.6 is 22.9 Å². The zero-order valence-corrected chi connectivity index (χ0v) is 13.4. The molecule has 2 aromatic heterocycles. The van der Waals surface area contributed by atoms with Gasteiger partial charge in [-0.3, -0.25) is 4.40 Å². The summed E-state index contributed by atoms with van der Waals surface area (Å²) < 4.78 is 29.2. The zero-order chi connectivity index (χ0) is 15.0. The van der Waals surface area contributed by atoms with Gasteiger partial charge in [0.15, 0.2) is 15.1 Å². The summed E-state index contributed by atoms with van der Waals surface area (Å²) in [5.74, 6) is 0. The Labute approximate surface area is 131 Å². The molecule has 3 aromatic rings. The summed E-state index contributed by atoms with van der Waals surface area (Å²) in [6.07, 6.45) is 1.64. The van der Waals surface area contributed by atoms with Gasteiger partial charge in [0, 0.05) is 17.6 Å². The highest BCUT2D eigenvalue weighted by Crippen LogP contribution is 2.26. The van der Waals surface area contributed by atoms with Crippen molar-refractivity contribution in [2.45, 2.75) is 18.0 Å². The summed E-state index contributed by atoms with van der Waals surface area (Å²) >= 11 is 7.31. The van der Waals surface area contributed by atoms with Crippen molar-refractivity contribution in [2.75, 3.05) is 0 Å². The molecule has 3 rings (SSSR count). The number of aromatic nitrogens is 2. The minimum absolute atomic E-state index is 0.0189. The molecular weight excluding hydrogens is 330 g/mol. The second-order valence-corrected chi connectivity index (χ2v) is 7.38. The molecule has 0 radical (unpaired) electrons. The number of hydrogen-bond donors (Lipinski definition) is 1. The Morgan fingerprint density at radius 1 is 1.33 bits per heavy atom. The zero-order valence-electron chi connectivity index (χ0n) is 11.0. The topological polar surface area (TPSA) is 63.5 Å². The highest BCUT2D eigenvalue weighted by Gasteiger charge is 2.26. The van der Waals surface area contributed by atoms with Crippen LogP contribution in [0.25, 0.3) is 4.96 Å². The first kappa shape index (κ1) is 14.5. The Morgan fingerprint density at radius 3 is 2.76 bits per heavy atom. The summed E-state index contributed by atoms with van der Waals surface area (Å²) in [6.45, 7) is 1.78. The van der Waals surface area contributed by atoms with Gasteiger partial charge in [-0.1, -0.05) is 41.9 Å². The van der Waals surface area contributed by atoms with Gasteiger partial charge in [0.2, 0.25) is 0 Å². The SMILES string of the molecule is CC(NS(=O)(=O)c1c(Cl)nc2sccn12)c1ccccc1. The lowest BCUT2D eigenvalue weighted by Gasteiger charge is -2.14. The largest absolute Gasteiger partial charge is 0.279 e. The van der Waals surface area contributed by atoms with Crippen molar-refractivity contribution in [3.05, 3.63) is 52.6 Å². The molecule has 1 N–H and O–H groups in total. The summed E-state index contributed by atoms with van der Waals surface area (Å²) in [4.78, 5) is 4.60. The lowest BCUT2D eigenvalue weighted by atomic mass is 10.1. The van der Waals surface area contributed by atoms with Crippen LogP contribution in [0.2, 0.25) is 5.15 Å². The number of benzene rings is 1. The predicted octanol–water partition coefficient (Wildman–Crippen LogP) is 3.09. The first-order valence-electron chi connectivity index (χ1n) is 6.17. The molecule has 0 amide bonds. The first-order chi connectivity index (χ1) is 9.99. The third-order valence-electron chi connectivity index (χ3n) is 3.06. The number of thiazole rings is 1. The van der Waals surface area contributed by atoms with Crippen molar-refractivity contribution >= 4 is 37.9 Å². The average molecular weight is 342 g/mol. The van der Waals surface area contributed by atoms with E-state index in [1.54, 1.807) is 18.5 Å². The number of halogens is 1. The summed E-state index contributed by atoms with van der Waals surface area (Å²) in [6, 6.07) is 8.98. The van der Waals surface area contributed by atoms with Crippen LogP contribution < -0.4 is 4.72 Å². The minimum atomic E-state index is -3.77. The van der Waals surface area contributed by atoms with E-state index in [1.165, 1.54) is 15.7 Å². The van der Waals surface area contributed by atoms with Crippen molar-refractivity contribution in [1.82, 2.24) is 14.1 Å². The Balaban J connectivity index is 1.98. The molecule has 1 aromatic carbocycles. The van der Waals surface area contributed by atoms with Gasteiger partial charge < -0.3 is 0 Å². The van der Waals surface area contributed by atoms with Gasteiger partial charge in [0.25, 0.3) is 10.0 Å². The van der Waals surface area contributed by atoms with E-state index in [0.717, 1.165) is 5.56 Å². The molecule has 2 heterocycles. The van der Waals surface area contributed by atoms with E-state index < -0.39 is 10.0 Å². The van der Waals surface area contributed by atoms with E-state index in [2.05, 4.69) is 9.71 Å². The smallest absolute Gasteiger partial charge is 0.260 e. The molecule has 0 fully saturated rings. The predicted molar refractivity (Wildman–Crippen MR) is 83.3 cm³/mol. The standard InChI is InChI=1S/C13H12ClN3O2S2/c1-9(10-5-3-2-4-6-10)16-21(18,19)12-11(14)15-13-17(12)7-8-20-13/h2-9,16H,1H3. The van der Waals surface area contributed by atoms with Crippen LogP contribution in [0.1, 0.15) is 18.5 Å². The highest BCUT2D eigenvalue weighted by atomic mass is 35.5. The van der Waals surface area contributed by atoms with Gasteiger partial charge in [-0.25, -0.2) is 18.1 Å². The number of rotatable bonds is 4. The van der Waals surface area contributed by atoms with E-state index in [9.17, 15) is 8.42 Å². The van der Waals surface area contributed by atoms with Crippen molar-refractivity contribution in [1.29, 1.82) is 0 Å². The van der Waals surface area contributed by atoms with Gasteiger partial charge in [-0.05, 0) is 12.5 Å². The van der Waals surface area contributed by atoms with E-state index in [4.69, 9.17) is 11.6 Å². The third kappa shape index (κ3) is 2.69. The van der Waals surface area contributed by atoms with Crippen LogP contribution in [0, 0.1) is 0 Å². The molecule has 0 saturated heterocycles. The van der Waals surface area contributed by atoms with Crippen LogP contribution in [0.15, 0.2) is 46.9 Å². The van der Waals surface area contributed by atoms with Gasteiger partial charge in [0.05, 0.1) is 0 Å². The molecule has 0 aliphatic rings. The maximum atomic E-state index is 12.6. The average Bonchev–Trinajstić information content (AvgIpc) is 2.98. The maximum absolute atomic E-state index is 12.6. The first-order valence-corrected chi connectivity index (χ1v) is 8.91. The van der Waals surface area contributed by atoms with Gasteiger partial charge in [-0.15, -0.1) is 11.3 Å². The second kappa shape index (κ2) is 5.42. The molecular formula is C13H12ClN3O2S2.